The van der Waals surface area contributed by atoms with Crippen LogP contribution in [0.1, 0.15) is 22.6 Å². The molecule has 2 heterocycles. The van der Waals surface area contributed by atoms with Gasteiger partial charge in [-0.25, -0.2) is 4.98 Å². The summed E-state index contributed by atoms with van der Waals surface area (Å²) >= 11 is 6.24. The highest BCUT2D eigenvalue weighted by molar-refractivity contribution is 6.33. The first-order chi connectivity index (χ1) is 15.9. The monoisotopic (exact) mass is 457 g/mol. The van der Waals surface area contributed by atoms with Gasteiger partial charge in [0.25, 0.3) is 5.56 Å². The zero-order valence-corrected chi connectivity index (χ0v) is 18.1. The van der Waals surface area contributed by atoms with Crippen LogP contribution in [0.25, 0.3) is 22.6 Å². The van der Waals surface area contributed by atoms with Crippen LogP contribution >= 0.6 is 11.6 Å². The molecular weight excluding hydrogens is 442 g/mol. The first-order valence-corrected chi connectivity index (χ1v) is 10.1. The highest BCUT2D eigenvalue weighted by Crippen LogP contribution is 2.36. The Bertz CT molecular complexity index is 1510. The first kappa shape index (κ1) is 21.7. The molecule has 0 bridgehead atoms. The van der Waals surface area contributed by atoms with E-state index >= 15 is 0 Å². The number of hydrogen-bond donors (Lipinski definition) is 2. The van der Waals surface area contributed by atoms with E-state index in [1.165, 1.54) is 0 Å². The minimum absolute atomic E-state index is 0.0131. The Kier molecular flexibility index (Phi) is 5.86. The van der Waals surface area contributed by atoms with Crippen molar-refractivity contribution in [3.05, 3.63) is 86.5 Å². The molecule has 0 unspecified atom stereocenters. The maximum atomic E-state index is 12.3. The molecule has 0 atom stereocenters. The van der Waals surface area contributed by atoms with E-state index in [2.05, 4.69) is 9.97 Å². The maximum absolute atomic E-state index is 12.3. The minimum atomic E-state index is -0.685. The summed E-state index contributed by atoms with van der Waals surface area (Å²) in [6.07, 6.45) is 0. The lowest BCUT2D eigenvalue weighted by molar-refractivity contribution is 0.300. The molecule has 0 saturated heterocycles. The van der Waals surface area contributed by atoms with Gasteiger partial charge in [-0.2, -0.15) is 10.5 Å². The molecule has 4 aromatic rings. The smallest absolute Gasteiger partial charge is 0.268 e. The number of aromatic amines is 1. The highest BCUT2D eigenvalue weighted by Gasteiger charge is 2.21. The van der Waals surface area contributed by atoms with Crippen LogP contribution in [-0.4, -0.2) is 9.97 Å². The van der Waals surface area contributed by atoms with Gasteiger partial charge in [0.05, 0.1) is 10.6 Å². The molecular formula is C24H16ClN5O3. The average molecular weight is 458 g/mol. The van der Waals surface area contributed by atoms with Gasteiger partial charge >= 0.3 is 0 Å². The van der Waals surface area contributed by atoms with E-state index in [-0.39, 0.29) is 29.1 Å². The number of nitrogens with zero attached hydrogens (tertiary/aromatic N) is 3. The lowest BCUT2D eigenvalue weighted by Crippen LogP contribution is -2.16. The fourth-order valence-corrected chi connectivity index (χ4v) is 3.59. The fourth-order valence-electron chi connectivity index (χ4n) is 3.37. The number of nitriles is 2. The summed E-state index contributed by atoms with van der Waals surface area (Å²) in [5, 5.41) is 19.7. The fraction of sp³-hybridized carbons (Fsp3) is 0.0833. The van der Waals surface area contributed by atoms with Crippen LogP contribution in [0.5, 0.6) is 5.75 Å². The number of pyridine rings is 1. The second-order valence-corrected chi connectivity index (χ2v) is 7.41. The van der Waals surface area contributed by atoms with Gasteiger partial charge < -0.3 is 19.9 Å². The van der Waals surface area contributed by atoms with E-state index < -0.39 is 5.56 Å². The van der Waals surface area contributed by atoms with Crippen molar-refractivity contribution in [1.29, 1.82) is 10.5 Å². The summed E-state index contributed by atoms with van der Waals surface area (Å²) in [6, 6.07) is 17.8. The van der Waals surface area contributed by atoms with E-state index in [0.717, 1.165) is 0 Å². The normalized spacial score (nSPS) is 10.4. The standard InChI is InChI=1S/C24H16ClN5O3/c1-13-19(29-24(33-13)14-6-2-4-8-18(14)25)12-32-20-9-5-3-7-15(20)21-16(10-26)22(28)30-23(31)17(21)11-27/h2-9H,12H2,1H3,(H3,28,30,31). The molecule has 162 valence electrons. The van der Waals surface area contributed by atoms with E-state index in [1.807, 2.05) is 24.3 Å². The van der Waals surface area contributed by atoms with Crippen molar-refractivity contribution >= 4 is 17.4 Å². The summed E-state index contributed by atoms with van der Waals surface area (Å²) in [5.74, 6) is 1.14. The van der Waals surface area contributed by atoms with E-state index in [4.69, 9.17) is 26.5 Å². The SMILES string of the molecule is Cc1oc(-c2ccccc2Cl)nc1COc1ccccc1-c1c(C#N)c(N)[nH]c(=O)c1C#N. The van der Waals surface area contributed by atoms with Crippen molar-refractivity contribution in [3.63, 3.8) is 0 Å². The number of oxazole rings is 1. The number of H-pyrrole nitrogens is 1. The number of aromatic nitrogens is 2. The Labute approximate surface area is 193 Å². The number of rotatable bonds is 5. The Hall–Kier alpha value is -4.53. The predicted octanol–water partition coefficient (Wildman–Crippen LogP) is 4.56. The van der Waals surface area contributed by atoms with Crippen molar-refractivity contribution < 1.29 is 9.15 Å². The van der Waals surface area contributed by atoms with Crippen LogP contribution in [0.4, 0.5) is 5.82 Å². The third-order valence-corrected chi connectivity index (χ3v) is 5.32. The van der Waals surface area contributed by atoms with Crippen LogP contribution in [-0.2, 0) is 6.61 Å². The van der Waals surface area contributed by atoms with Gasteiger partial charge in [0.15, 0.2) is 0 Å². The Morgan fingerprint density at radius 1 is 1.09 bits per heavy atom. The molecule has 2 aromatic carbocycles. The number of halogens is 1. The summed E-state index contributed by atoms with van der Waals surface area (Å²) < 4.78 is 11.8. The van der Waals surface area contributed by atoms with Gasteiger partial charge in [0, 0.05) is 11.1 Å². The largest absolute Gasteiger partial charge is 0.487 e. The van der Waals surface area contributed by atoms with Gasteiger partial charge in [0.1, 0.15) is 52.9 Å². The van der Waals surface area contributed by atoms with Gasteiger partial charge in [-0.1, -0.05) is 41.9 Å². The molecule has 3 N–H and O–H groups in total. The molecule has 0 aliphatic rings. The topological polar surface area (TPSA) is 142 Å². The number of benzene rings is 2. The molecule has 2 aromatic heterocycles. The molecule has 0 saturated carbocycles. The highest BCUT2D eigenvalue weighted by atomic mass is 35.5. The first-order valence-electron chi connectivity index (χ1n) is 9.74. The zero-order valence-electron chi connectivity index (χ0n) is 17.3. The Balaban J connectivity index is 1.73. The molecule has 4 rings (SSSR count). The molecule has 0 fully saturated rings. The van der Waals surface area contributed by atoms with Crippen molar-refractivity contribution in [2.75, 3.05) is 5.73 Å². The number of anilines is 1. The van der Waals surface area contributed by atoms with Crippen LogP contribution < -0.4 is 16.0 Å². The lowest BCUT2D eigenvalue weighted by atomic mass is 9.96. The van der Waals surface area contributed by atoms with Crippen molar-refractivity contribution in [2.24, 2.45) is 0 Å². The van der Waals surface area contributed by atoms with Crippen molar-refractivity contribution in [2.45, 2.75) is 13.5 Å². The van der Waals surface area contributed by atoms with E-state index in [1.54, 1.807) is 43.3 Å². The molecule has 0 amide bonds. The minimum Gasteiger partial charge on any atom is -0.487 e. The van der Waals surface area contributed by atoms with E-state index in [9.17, 15) is 15.3 Å². The predicted molar refractivity (Wildman–Crippen MR) is 122 cm³/mol. The molecule has 9 heteroatoms. The third-order valence-electron chi connectivity index (χ3n) is 4.99. The third kappa shape index (κ3) is 4.03. The molecule has 0 aliphatic carbocycles. The number of nitrogens with two attached hydrogens (primary N) is 1. The van der Waals surface area contributed by atoms with Crippen LogP contribution in [0, 0.1) is 29.6 Å². The Morgan fingerprint density at radius 2 is 1.76 bits per heavy atom. The van der Waals surface area contributed by atoms with E-state index in [0.29, 0.717) is 39.2 Å². The number of hydrogen-bond acceptors (Lipinski definition) is 7. The van der Waals surface area contributed by atoms with Crippen LogP contribution in [0.2, 0.25) is 5.02 Å². The summed E-state index contributed by atoms with van der Waals surface area (Å²) in [5.41, 5.74) is 6.62. The van der Waals surface area contributed by atoms with Crippen LogP contribution in [0.3, 0.4) is 0 Å². The number of nitrogens with one attached hydrogen (secondary N) is 1. The Morgan fingerprint density at radius 3 is 2.45 bits per heavy atom. The lowest BCUT2D eigenvalue weighted by Gasteiger charge is -2.14. The molecule has 8 nitrogen and oxygen atoms in total. The summed E-state index contributed by atoms with van der Waals surface area (Å²) in [7, 11) is 0. The van der Waals surface area contributed by atoms with Gasteiger partial charge in [0.2, 0.25) is 5.89 Å². The van der Waals surface area contributed by atoms with Gasteiger partial charge in [-0.15, -0.1) is 0 Å². The number of ether oxygens (including phenoxy) is 1. The molecule has 33 heavy (non-hydrogen) atoms. The van der Waals surface area contributed by atoms with Crippen molar-refractivity contribution in [3.8, 4) is 40.5 Å². The molecule has 0 spiro atoms. The number of para-hydroxylation sites is 1. The van der Waals surface area contributed by atoms with Gasteiger partial charge in [-0.05, 0) is 25.1 Å². The van der Waals surface area contributed by atoms with Crippen molar-refractivity contribution in [1.82, 2.24) is 9.97 Å². The number of nitrogen functional groups attached to an aromatic ring is 1. The quantitative estimate of drug-likeness (QED) is 0.447. The molecule has 0 radical (unpaired) electrons. The zero-order chi connectivity index (χ0) is 23.5. The maximum Gasteiger partial charge on any atom is 0.268 e. The average Bonchev–Trinajstić information content (AvgIpc) is 3.18. The van der Waals surface area contributed by atoms with Crippen LogP contribution in [0.15, 0.2) is 57.7 Å². The number of aryl methyl sites for hydroxylation is 1. The summed E-state index contributed by atoms with van der Waals surface area (Å²) in [4.78, 5) is 19.1. The second kappa shape index (κ2) is 8.91. The molecule has 0 aliphatic heterocycles. The summed E-state index contributed by atoms with van der Waals surface area (Å²) in [6.45, 7) is 1.80. The van der Waals surface area contributed by atoms with Gasteiger partial charge in [-0.3, -0.25) is 4.79 Å². The second-order valence-electron chi connectivity index (χ2n) is 7.00.